The van der Waals surface area contributed by atoms with Gasteiger partial charge in [0.1, 0.15) is 5.76 Å². The number of ether oxygens (including phenoxy) is 1. The maximum atomic E-state index is 11.3. The molecular weight excluding hydrogens is 210 g/mol. The van der Waals surface area contributed by atoms with E-state index in [-0.39, 0.29) is 0 Å². The van der Waals surface area contributed by atoms with E-state index in [1.807, 2.05) is 13.8 Å². The summed E-state index contributed by atoms with van der Waals surface area (Å²) in [5, 5.41) is 9.89. The zero-order valence-electron chi connectivity index (χ0n) is 9.61. The van der Waals surface area contributed by atoms with Crippen molar-refractivity contribution in [1.82, 2.24) is 4.98 Å². The molecule has 1 atom stereocenters. The van der Waals surface area contributed by atoms with Gasteiger partial charge in [-0.1, -0.05) is 0 Å². The minimum absolute atomic E-state index is 0.445. The molecule has 0 amide bonds. The molecule has 1 fully saturated rings. The van der Waals surface area contributed by atoms with Crippen LogP contribution in [0.5, 0.6) is 0 Å². The third-order valence-corrected chi connectivity index (χ3v) is 3.19. The summed E-state index contributed by atoms with van der Waals surface area (Å²) in [5.74, 6) is 0.532. The summed E-state index contributed by atoms with van der Waals surface area (Å²) < 4.78 is 10.0. The molecule has 0 radical (unpaired) electrons. The van der Waals surface area contributed by atoms with Crippen LogP contribution in [0.3, 0.4) is 0 Å². The molecule has 0 bridgehead atoms. The summed E-state index contributed by atoms with van der Waals surface area (Å²) in [6.45, 7) is 3.65. The van der Waals surface area contributed by atoms with Gasteiger partial charge in [0.05, 0.1) is 18.2 Å². The summed E-state index contributed by atoms with van der Waals surface area (Å²) in [5.41, 5.74) is 0.130. The van der Waals surface area contributed by atoms with E-state index in [0.717, 1.165) is 11.5 Å². The Morgan fingerprint density at radius 2 is 2.19 bits per heavy atom. The van der Waals surface area contributed by atoms with Crippen LogP contribution in [0, 0.1) is 13.8 Å². The van der Waals surface area contributed by atoms with Crippen molar-refractivity contribution < 1.29 is 19.1 Å². The zero-order chi connectivity index (χ0) is 11.9. The lowest BCUT2D eigenvalue weighted by molar-refractivity contribution is -0.152. The number of oxazole rings is 1. The number of carbonyl (C=O) groups excluding carboxylic acids is 1. The van der Waals surface area contributed by atoms with Crippen molar-refractivity contribution in [3.8, 4) is 0 Å². The van der Waals surface area contributed by atoms with Gasteiger partial charge in [0, 0.05) is 0 Å². The number of hydrogen-bond donors (Lipinski definition) is 1. The molecule has 88 valence electrons. The van der Waals surface area contributed by atoms with Gasteiger partial charge in [0.25, 0.3) is 0 Å². The number of aromatic nitrogens is 1. The standard InChI is InChI=1S/C11H15NO4/c1-6-7(2)16-10(12-6)11(4-5-11)8(13)9(14)15-3/h8,13H,4-5H2,1-3H3. The molecule has 1 aliphatic carbocycles. The van der Waals surface area contributed by atoms with Crippen molar-refractivity contribution in [3.05, 3.63) is 17.3 Å². The molecule has 1 aliphatic rings. The van der Waals surface area contributed by atoms with E-state index in [2.05, 4.69) is 9.72 Å². The first-order valence-corrected chi connectivity index (χ1v) is 5.21. The van der Waals surface area contributed by atoms with Crippen molar-refractivity contribution in [2.45, 2.75) is 38.2 Å². The molecular formula is C11H15NO4. The Hall–Kier alpha value is -1.36. The first kappa shape index (κ1) is 11.1. The number of nitrogens with zero attached hydrogens (tertiary/aromatic N) is 1. The summed E-state index contributed by atoms with van der Waals surface area (Å²) in [6, 6.07) is 0. The molecule has 1 saturated carbocycles. The smallest absolute Gasteiger partial charge is 0.335 e. The number of aliphatic hydroxyl groups excluding tert-OH is 1. The second-order valence-electron chi connectivity index (χ2n) is 4.24. The van der Waals surface area contributed by atoms with Gasteiger partial charge in [-0.2, -0.15) is 0 Å². The Balaban J connectivity index is 2.29. The highest BCUT2D eigenvalue weighted by Gasteiger charge is 2.57. The summed E-state index contributed by atoms with van der Waals surface area (Å²) in [6.07, 6.45) is 0.209. The Bertz CT molecular complexity index is 400. The molecule has 1 unspecified atom stereocenters. The van der Waals surface area contributed by atoms with Gasteiger partial charge in [-0.15, -0.1) is 0 Å². The predicted octanol–water partition coefficient (Wildman–Crippen LogP) is 0.857. The minimum atomic E-state index is -1.19. The number of hydrogen-bond acceptors (Lipinski definition) is 5. The van der Waals surface area contributed by atoms with Gasteiger partial charge < -0.3 is 14.3 Å². The SMILES string of the molecule is COC(=O)C(O)C1(c2nc(C)c(C)o2)CC1. The second-order valence-corrected chi connectivity index (χ2v) is 4.24. The summed E-state index contributed by atoms with van der Waals surface area (Å²) in [7, 11) is 1.26. The molecule has 5 nitrogen and oxygen atoms in total. The van der Waals surface area contributed by atoms with Crippen molar-refractivity contribution in [2.75, 3.05) is 7.11 Å². The van der Waals surface area contributed by atoms with E-state index in [4.69, 9.17) is 4.42 Å². The van der Waals surface area contributed by atoms with E-state index in [1.165, 1.54) is 7.11 Å². The van der Waals surface area contributed by atoms with Gasteiger partial charge in [-0.25, -0.2) is 9.78 Å². The quantitative estimate of drug-likeness (QED) is 0.772. The third-order valence-electron chi connectivity index (χ3n) is 3.19. The van der Waals surface area contributed by atoms with Crippen LogP contribution in [-0.2, 0) is 14.9 Å². The van der Waals surface area contributed by atoms with E-state index in [1.54, 1.807) is 0 Å². The number of aliphatic hydroxyl groups is 1. The van der Waals surface area contributed by atoms with E-state index in [0.29, 0.717) is 18.7 Å². The van der Waals surface area contributed by atoms with Crippen molar-refractivity contribution in [3.63, 3.8) is 0 Å². The fourth-order valence-electron chi connectivity index (χ4n) is 1.76. The zero-order valence-corrected chi connectivity index (χ0v) is 9.61. The Kier molecular flexibility index (Phi) is 2.50. The molecule has 0 aliphatic heterocycles. The van der Waals surface area contributed by atoms with Crippen LogP contribution in [-0.4, -0.2) is 29.3 Å². The predicted molar refractivity (Wildman–Crippen MR) is 54.9 cm³/mol. The average molecular weight is 225 g/mol. The highest BCUT2D eigenvalue weighted by molar-refractivity contribution is 5.77. The topological polar surface area (TPSA) is 72.6 Å². The van der Waals surface area contributed by atoms with Gasteiger partial charge in [-0.05, 0) is 26.7 Å². The minimum Gasteiger partial charge on any atom is -0.467 e. The Morgan fingerprint density at radius 3 is 2.56 bits per heavy atom. The van der Waals surface area contributed by atoms with E-state index in [9.17, 15) is 9.90 Å². The molecule has 0 saturated heterocycles. The van der Waals surface area contributed by atoms with Gasteiger partial charge in [-0.3, -0.25) is 0 Å². The highest BCUT2D eigenvalue weighted by atomic mass is 16.5. The van der Waals surface area contributed by atoms with Crippen LogP contribution in [0.4, 0.5) is 0 Å². The molecule has 16 heavy (non-hydrogen) atoms. The fourth-order valence-corrected chi connectivity index (χ4v) is 1.76. The van der Waals surface area contributed by atoms with E-state index >= 15 is 0 Å². The second kappa shape index (κ2) is 3.59. The number of esters is 1. The van der Waals surface area contributed by atoms with Crippen molar-refractivity contribution in [2.24, 2.45) is 0 Å². The van der Waals surface area contributed by atoms with Crippen LogP contribution in [0.1, 0.15) is 30.2 Å². The molecule has 2 rings (SSSR count). The van der Waals surface area contributed by atoms with Crippen LogP contribution >= 0.6 is 0 Å². The number of rotatable bonds is 3. The van der Waals surface area contributed by atoms with Crippen LogP contribution in [0.2, 0.25) is 0 Å². The monoisotopic (exact) mass is 225 g/mol. The number of aryl methyl sites for hydroxylation is 2. The molecule has 0 aromatic carbocycles. The third kappa shape index (κ3) is 1.51. The number of carbonyl (C=O) groups is 1. The maximum absolute atomic E-state index is 11.3. The summed E-state index contributed by atoms with van der Waals surface area (Å²) in [4.78, 5) is 15.6. The highest BCUT2D eigenvalue weighted by Crippen LogP contribution is 2.51. The first-order valence-electron chi connectivity index (χ1n) is 5.21. The van der Waals surface area contributed by atoms with Gasteiger partial charge in [0.2, 0.25) is 5.89 Å². The molecule has 1 aromatic heterocycles. The van der Waals surface area contributed by atoms with Crippen LogP contribution in [0.15, 0.2) is 4.42 Å². The Morgan fingerprint density at radius 1 is 1.56 bits per heavy atom. The molecule has 0 spiro atoms. The molecule has 1 aromatic rings. The summed E-state index contributed by atoms with van der Waals surface area (Å²) >= 11 is 0. The number of methoxy groups -OCH3 is 1. The van der Waals surface area contributed by atoms with Gasteiger partial charge in [0.15, 0.2) is 6.10 Å². The van der Waals surface area contributed by atoms with Crippen molar-refractivity contribution in [1.29, 1.82) is 0 Å². The van der Waals surface area contributed by atoms with Gasteiger partial charge >= 0.3 is 5.97 Å². The maximum Gasteiger partial charge on any atom is 0.335 e. The van der Waals surface area contributed by atoms with E-state index < -0.39 is 17.5 Å². The van der Waals surface area contributed by atoms with Crippen LogP contribution < -0.4 is 0 Å². The normalized spacial score (nSPS) is 19.2. The van der Waals surface area contributed by atoms with Crippen molar-refractivity contribution >= 4 is 5.97 Å². The average Bonchev–Trinajstić information content (AvgIpc) is 3.01. The largest absolute Gasteiger partial charge is 0.467 e. The Labute approximate surface area is 93.4 Å². The lowest BCUT2D eigenvalue weighted by Gasteiger charge is -2.16. The van der Waals surface area contributed by atoms with Crippen LogP contribution in [0.25, 0.3) is 0 Å². The molecule has 1 N–H and O–H groups in total. The molecule has 5 heteroatoms. The molecule has 1 heterocycles. The lowest BCUT2D eigenvalue weighted by Crippen LogP contribution is -2.35. The fraction of sp³-hybridized carbons (Fsp3) is 0.636. The first-order chi connectivity index (χ1) is 7.51. The lowest BCUT2D eigenvalue weighted by atomic mass is 9.99.